The Kier molecular flexibility index (Phi) is 7.16. The molecule has 1 amide bonds. The van der Waals surface area contributed by atoms with Crippen LogP contribution in [0.1, 0.15) is 18.9 Å². The number of amides is 1. The molecule has 1 aromatic carbocycles. The third-order valence-corrected chi connectivity index (χ3v) is 4.27. The second-order valence-corrected chi connectivity index (χ2v) is 6.00. The first-order valence-electron chi connectivity index (χ1n) is 7.79. The third-order valence-electron chi connectivity index (χ3n) is 3.31. The predicted molar refractivity (Wildman–Crippen MR) is 93.1 cm³/mol. The molecule has 1 N–H and O–H groups in total. The van der Waals surface area contributed by atoms with Gasteiger partial charge in [-0.3, -0.25) is 9.36 Å². The van der Waals surface area contributed by atoms with Gasteiger partial charge in [0.25, 0.3) is 0 Å². The maximum atomic E-state index is 11.9. The molecule has 2 rings (SSSR count). The number of hydrogen-bond donors (Lipinski definition) is 1. The van der Waals surface area contributed by atoms with E-state index >= 15 is 0 Å². The smallest absolute Gasteiger partial charge is 0.230 e. The molecule has 0 radical (unpaired) electrons. The second kappa shape index (κ2) is 9.37. The Hall–Kier alpha value is -1.79. The summed E-state index contributed by atoms with van der Waals surface area (Å²) >= 11 is 1.44. The van der Waals surface area contributed by atoms with E-state index in [1.807, 2.05) is 29.8 Å². The maximum Gasteiger partial charge on any atom is 0.230 e. The summed E-state index contributed by atoms with van der Waals surface area (Å²) in [7, 11) is 0. The molecule has 2 aromatic rings. The first-order valence-corrected chi connectivity index (χ1v) is 8.77. The summed E-state index contributed by atoms with van der Waals surface area (Å²) in [5, 5.41) is 3.72. The number of carbonyl (C=O) groups is 1. The average Bonchev–Trinajstić information content (AvgIpc) is 3.01. The van der Waals surface area contributed by atoms with Crippen molar-refractivity contribution in [2.75, 3.05) is 25.5 Å². The van der Waals surface area contributed by atoms with Crippen molar-refractivity contribution >= 4 is 17.7 Å². The van der Waals surface area contributed by atoms with Crippen molar-refractivity contribution in [1.29, 1.82) is 0 Å². The Morgan fingerprint density at radius 2 is 2.22 bits per heavy atom. The zero-order valence-corrected chi connectivity index (χ0v) is 14.4. The van der Waals surface area contributed by atoms with Gasteiger partial charge in [0.2, 0.25) is 5.91 Å². The molecule has 0 bridgehead atoms. The number of nitrogens with one attached hydrogen (secondary N) is 1. The lowest BCUT2D eigenvalue weighted by Gasteiger charge is -2.10. The quantitative estimate of drug-likeness (QED) is 0.566. The Morgan fingerprint density at radius 3 is 3.00 bits per heavy atom. The van der Waals surface area contributed by atoms with Crippen molar-refractivity contribution in [3.8, 4) is 5.69 Å². The number of aromatic nitrogens is 2. The van der Waals surface area contributed by atoms with E-state index in [-0.39, 0.29) is 5.91 Å². The van der Waals surface area contributed by atoms with Gasteiger partial charge in [-0.05, 0) is 31.9 Å². The fourth-order valence-electron chi connectivity index (χ4n) is 2.14. The molecule has 0 unspecified atom stereocenters. The number of ether oxygens (including phenoxy) is 1. The fourth-order valence-corrected chi connectivity index (χ4v) is 2.94. The molecule has 0 aliphatic heterocycles. The molecule has 124 valence electrons. The lowest BCUT2D eigenvalue weighted by Crippen LogP contribution is -2.27. The van der Waals surface area contributed by atoms with Crippen molar-refractivity contribution in [2.45, 2.75) is 25.4 Å². The number of imidazole rings is 1. The van der Waals surface area contributed by atoms with Crippen LogP contribution in [-0.4, -0.2) is 41.0 Å². The van der Waals surface area contributed by atoms with Gasteiger partial charge in [0.05, 0.1) is 11.4 Å². The molecule has 0 saturated heterocycles. The summed E-state index contributed by atoms with van der Waals surface area (Å²) in [6.45, 7) is 6.07. The summed E-state index contributed by atoms with van der Waals surface area (Å²) in [6, 6.07) is 8.13. The molecular formula is C17H23N3O2S. The first kappa shape index (κ1) is 17.6. The van der Waals surface area contributed by atoms with E-state index in [2.05, 4.69) is 29.4 Å². The van der Waals surface area contributed by atoms with Crippen LogP contribution < -0.4 is 5.32 Å². The van der Waals surface area contributed by atoms with Gasteiger partial charge in [0, 0.05) is 32.2 Å². The van der Waals surface area contributed by atoms with Crippen molar-refractivity contribution < 1.29 is 9.53 Å². The number of para-hydroxylation sites is 1. The Bertz CT molecular complexity index is 628. The number of rotatable bonds is 9. The highest BCUT2D eigenvalue weighted by atomic mass is 32.2. The molecule has 1 aromatic heterocycles. The highest BCUT2D eigenvalue weighted by Gasteiger charge is 2.10. The van der Waals surface area contributed by atoms with Crippen LogP contribution in [-0.2, 0) is 9.53 Å². The molecule has 0 aliphatic carbocycles. The van der Waals surface area contributed by atoms with Crippen molar-refractivity contribution in [3.63, 3.8) is 0 Å². The highest BCUT2D eigenvalue weighted by Crippen LogP contribution is 2.22. The summed E-state index contributed by atoms with van der Waals surface area (Å²) in [4.78, 5) is 16.2. The van der Waals surface area contributed by atoms with Crippen LogP contribution in [0.2, 0.25) is 0 Å². The maximum absolute atomic E-state index is 11.9. The van der Waals surface area contributed by atoms with Gasteiger partial charge in [-0.15, -0.1) is 0 Å². The van der Waals surface area contributed by atoms with Crippen LogP contribution in [0.5, 0.6) is 0 Å². The molecule has 5 nitrogen and oxygen atoms in total. The van der Waals surface area contributed by atoms with Crippen molar-refractivity contribution in [3.05, 3.63) is 42.2 Å². The number of hydrogen-bond acceptors (Lipinski definition) is 4. The average molecular weight is 333 g/mol. The molecule has 0 spiro atoms. The van der Waals surface area contributed by atoms with E-state index in [0.717, 1.165) is 17.3 Å². The standard InChI is InChI=1S/C17H23N3O2S/c1-3-22-12-6-9-18-16(21)13-23-17-19-10-11-20(17)15-8-5-4-7-14(15)2/h4-5,7-8,10-11H,3,6,9,12-13H2,1-2H3,(H,18,21). The Morgan fingerprint density at radius 1 is 1.39 bits per heavy atom. The minimum Gasteiger partial charge on any atom is -0.382 e. The van der Waals surface area contributed by atoms with Crippen LogP contribution in [0.15, 0.2) is 41.8 Å². The second-order valence-electron chi connectivity index (χ2n) is 5.06. The van der Waals surface area contributed by atoms with Gasteiger partial charge in [-0.1, -0.05) is 30.0 Å². The van der Waals surface area contributed by atoms with Gasteiger partial charge in [0.15, 0.2) is 5.16 Å². The molecule has 0 fully saturated rings. The fraction of sp³-hybridized carbons (Fsp3) is 0.412. The minimum absolute atomic E-state index is 0.0193. The van der Waals surface area contributed by atoms with E-state index in [4.69, 9.17) is 4.74 Å². The van der Waals surface area contributed by atoms with Gasteiger partial charge in [-0.25, -0.2) is 4.98 Å². The van der Waals surface area contributed by atoms with E-state index < -0.39 is 0 Å². The minimum atomic E-state index is 0.0193. The zero-order chi connectivity index (χ0) is 16.5. The predicted octanol–water partition coefficient (Wildman–Crippen LogP) is 2.82. The highest BCUT2D eigenvalue weighted by molar-refractivity contribution is 7.99. The SMILES string of the molecule is CCOCCCNC(=O)CSc1nccn1-c1ccccc1C. The Labute approximate surface area is 141 Å². The van der Waals surface area contributed by atoms with E-state index in [9.17, 15) is 4.79 Å². The van der Waals surface area contributed by atoms with Crippen LogP contribution in [0, 0.1) is 6.92 Å². The largest absolute Gasteiger partial charge is 0.382 e. The van der Waals surface area contributed by atoms with E-state index in [1.165, 1.54) is 17.3 Å². The molecular weight excluding hydrogens is 310 g/mol. The molecule has 0 saturated carbocycles. The molecule has 0 atom stereocenters. The summed E-state index contributed by atoms with van der Waals surface area (Å²) in [5.41, 5.74) is 2.26. The lowest BCUT2D eigenvalue weighted by atomic mass is 10.2. The lowest BCUT2D eigenvalue weighted by molar-refractivity contribution is -0.118. The number of carbonyl (C=O) groups excluding carboxylic acids is 1. The zero-order valence-electron chi connectivity index (χ0n) is 13.6. The Balaban J connectivity index is 1.84. The molecule has 1 heterocycles. The topological polar surface area (TPSA) is 56.1 Å². The van der Waals surface area contributed by atoms with Crippen LogP contribution in [0.4, 0.5) is 0 Å². The molecule has 23 heavy (non-hydrogen) atoms. The molecule has 6 heteroatoms. The third kappa shape index (κ3) is 5.41. The van der Waals surface area contributed by atoms with Gasteiger partial charge in [0.1, 0.15) is 0 Å². The normalized spacial score (nSPS) is 10.7. The monoisotopic (exact) mass is 333 g/mol. The van der Waals surface area contributed by atoms with Crippen LogP contribution >= 0.6 is 11.8 Å². The number of aryl methyl sites for hydroxylation is 1. The van der Waals surface area contributed by atoms with E-state index in [1.54, 1.807) is 6.20 Å². The summed E-state index contributed by atoms with van der Waals surface area (Å²) < 4.78 is 7.26. The number of thioether (sulfide) groups is 1. The summed E-state index contributed by atoms with van der Waals surface area (Å²) in [5.74, 6) is 0.378. The number of nitrogens with zero attached hydrogens (tertiary/aromatic N) is 2. The number of benzene rings is 1. The van der Waals surface area contributed by atoms with Crippen LogP contribution in [0.3, 0.4) is 0 Å². The van der Waals surface area contributed by atoms with Gasteiger partial charge < -0.3 is 10.1 Å². The molecule has 0 aliphatic rings. The summed E-state index contributed by atoms with van der Waals surface area (Å²) in [6.07, 6.45) is 4.52. The van der Waals surface area contributed by atoms with Gasteiger partial charge >= 0.3 is 0 Å². The van der Waals surface area contributed by atoms with E-state index in [0.29, 0.717) is 25.5 Å². The van der Waals surface area contributed by atoms with Crippen molar-refractivity contribution in [2.24, 2.45) is 0 Å². The van der Waals surface area contributed by atoms with Crippen LogP contribution in [0.25, 0.3) is 5.69 Å². The first-order chi connectivity index (χ1) is 11.2. The van der Waals surface area contributed by atoms with Gasteiger partial charge in [-0.2, -0.15) is 0 Å². The van der Waals surface area contributed by atoms with Crippen molar-refractivity contribution in [1.82, 2.24) is 14.9 Å².